The van der Waals surface area contributed by atoms with Crippen molar-refractivity contribution in [3.05, 3.63) is 70.6 Å². The van der Waals surface area contributed by atoms with Crippen molar-refractivity contribution in [1.82, 2.24) is 10.6 Å². The summed E-state index contributed by atoms with van der Waals surface area (Å²) in [7, 11) is 3.28. The Kier molecular flexibility index (Phi) is 5.28. The van der Waals surface area contributed by atoms with Crippen molar-refractivity contribution in [3.63, 3.8) is 0 Å². The van der Waals surface area contributed by atoms with Gasteiger partial charge in [0.2, 0.25) is 11.8 Å². The molecular formula is C23H23N3O2S. The lowest BCUT2D eigenvalue weighted by Crippen LogP contribution is -2.47. The summed E-state index contributed by atoms with van der Waals surface area (Å²) in [6.45, 7) is 1.99. The Balaban J connectivity index is 1.99. The first-order chi connectivity index (χ1) is 14.1. The first-order valence-corrected chi connectivity index (χ1v) is 10.4. The van der Waals surface area contributed by atoms with E-state index < -0.39 is 11.8 Å². The van der Waals surface area contributed by atoms with Gasteiger partial charge >= 0.3 is 0 Å². The van der Waals surface area contributed by atoms with Gasteiger partial charge in [-0.25, -0.2) is 0 Å². The predicted molar refractivity (Wildman–Crippen MR) is 116 cm³/mol. The van der Waals surface area contributed by atoms with Crippen LogP contribution in [0.15, 0.2) is 75.0 Å². The number of nitrogens with zero attached hydrogens (tertiary/aromatic N) is 1. The molecule has 3 unspecified atom stereocenters. The zero-order chi connectivity index (χ0) is 20.5. The molecule has 5 nitrogen and oxygen atoms in total. The highest BCUT2D eigenvalue weighted by molar-refractivity contribution is 8.04. The second-order valence-electron chi connectivity index (χ2n) is 7.20. The molecule has 2 aliphatic rings. The van der Waals surface area contributed by atoms with Crippen LogP contribution in [0.2, 0.25) is 0 Å². The van der Waals surface area contributed by atoms with Crippen molar-refractivity contribution in [2.24, 2.45) is 16.8 Å². The molecule has 4 rings (SSSR count). The van der Waals surface area contributed by atoms with Crippen LogP contribution in [0.1, 0.15) is 18.4 Å². The molecule has 2 aromatic rings. The molecular weight excluding hydrogens is 382 g/mol. The van der Waals surface area contributed by atoms with Gasteiger partial charge in [0.25, 0.3) is 0 Å². The van der Waals surface area contributed by atoms with Gasteiger partial charge in [-0.1, -0.05) is 54.2 Å². The average Bonchev–Trinajstić information content (AvgIpc) is 2.77. The number of allylic oxidation sites excluding steroid dienone is 1. The van der Waals surface area contributed by atoms with E-state index in [2.05, 4.69) is 10.6 Å². The molecule has 0 bridgehead atoms. The molecule has 2 aromatic carbocycles. The lowest BCUT2D eigenvalue weighted by Gasteiger charge is -2.40. The Hall–Kier alpha value is -2.86. The van der Waals surface area contributed by atoms with Crippen LogP contribution in [-0.4, -0.2) is 31.6 Å². The number of fused-ring (bicyclic) bond motifs is 2. The molecule has 0 aromatic heterocycles. The van der Waals surface area contributed by atoms with Gasteiger partial charge in [0.15, 0.2) is 0 Å². The van der Waals surface area contributed by atoms with E-state index in [9.17, 15) is 9.59 Å². The van der Waals surface area contributed by atoms with E-state index in [1.807, 2.05) is 61.5 Å². The highest BCUT2D eigenvalue weighted by atomic mass is 32.2. The Morgan fingerprint density at radius 3 is 2.21 bits per heavy atom. The average molecular weight is 406 g/mol. The number of nitrogens with one attached hydrogen (secondary N) is 2. The minimum absolute atomic E-state index is 0.0868. The normalized spacial score (nSPS) is 22.9. The molecule has 0 saturated carbocycles. The van der Waals surface area contributed by atoms with Crippen molar-refractivity contribution in [2.75, 3.05) is 14.1 Å². The van der Waals surface area contributed by atoms with Crippen molar-refractivity contribution < 1.29 is 9.59 Å². The van der Waals surface area contributed by atoms with E-state index in [0.29, 0.717) is 0 Å². The number of hydrogen-bond acceptors (Lipinski definition) is 4. The fourth-order valence-electron chi connectivity index (χ4n) is 4.26. The van der Waals surface area contributed by atoms with Crippen LogP contribution in [0.5, 0.6) is 0 Å². The first kappa shape index (κ1) is 19.5. The highest BCUT2D eigenvalue weighted by Gasteiger charge is 2.48. The van der Waals surface area contributed by atoms with Gasteiger partial charge in [0.1, 0.15) is 0 Å². The topological polar surface area (TPSA) is 70.6 Å². The number of carbonyl (C=O) groups is 2. The maximum absolute atomic E-state index is 13.1. The summed E-state index contributed by atoms with van der Waals surface area (Å²) in [5.74, 6) is -1.54. The van der Waals surface area contributed by atoms with Gasteiger partial charge in [-0.2, -0.15) is 0 Å². The van der Waals surface area contributed by atoms with E-state index in [1.54, 1.807) is 25.9 Å². The highest BCUT2D eigenvalue weighted by Crippen LogP contribution is 2.52. The Bertz CT molecular complexity index is 1030. The predicted octanol–water partition coefficient (Wildman–Crippen LogP) is 3.66. The van der Waals surface area contributed by atoms with Gasteiger partial charge in [0, 0.05) is 29.8 Å². The largest absolute Gasteiger partial charge is 0.359 e. The van der Waals surface area contributed by atoms with Crippen molar-refractivity contribution in [2.45, 2.75) is 17.7 Å². The van der Waals surface area contributed by atoms with Crippen molar-refractivity contribution in [3.8, 4) is 0 Å². The first-order valence-electron chi connectivity index (χ1n) is 9.61. The summed E-state index contributed by atoms with van der Waals surface area (Å²) >= 11 is 1.60. The molecule has 2 N–H and O–H groups in total. The molecule has 0 radical (unpaired) electrons. The second-order valence-corrected chi connectivity index (χ2v) is 8.25. The maximum Gasteiger partial charge on any atom is 0.229 e. The summed E-state index contributed by atoms with van der Waals surface area (Å²) in [6.07, 6.45) is 0. The monoisotopic (exact) mass is 405 g/mol. The molecule has 2 amide bonds. The molecule has 0 saturated heterocycles. The fraction of sp³-hybridized carbons (Fsp3) is 0.261. The van der Waals surface area contributed by atoms with Crippen LogP contribution in [-0.2, 0) is 9.59 Å². The van der Waals surface area contributed by atoms with Crippen molar-refractivity contribution >= 4 is 35.0 Å². The SMILES string of the molecule is CNC(=O)C1C2=Nc3ccccc3SC2=C(C)C(C(=O)NC)C1c1ccccc1. The van der Waals surface area contributed by atoms with Gasteiger partial charge < -0.3 is 10.6 Å². The van der Waals surface area contributed by atoms with Crippen LogP contribution < -0.4 is 10.6 Å². The molecule has 0 spiro atoms. The Labute approximate surface area is 174 Å². The minimum atomic E-state index is -0.552. The number of thioether (sulfide) groups is 1. The smallest absolute Gasteiger partial charge is 0.229 e. The van der Waals surface area contributed by atoms with Crippen LogP contribution in [0.4, 0.5) is 5.69 Å². The van der Waals surface area contributed by atoms with Gasteiger partial charge in [0.05, 0.1) is 23.2 Å². The third-order valence-electron chi connectivity index (χ3n) is 5.63. The maximum atomic E-state index is 13.1. The Morgan fingerprint density at radius 1 is 0.897 bits per heavy atom. The third kappa shape index (κ3) is 3.27. The number of hydrogen-bond donors (Lipinski definition) is 2. The number of para-hydroxylation sites is 1. The lowest BCUT2D eigenvalue weighted by atomic mass is 9.67. The van der Waals surface area contributed by atoms with Gasteiger partial charge in [-0.15, -0.1) is 0 Å². The van der Waals surface area contributed by atoms with E-state index >= 15 is 0 Å². The molecule has 1 aliphatic carbocycles. The second kappa shape index (κ2) is 7.87. The molecule has 1 heterocycles. The molecule has 3 atom stereocenters. The van der Waals surface area contributed by atoms with E-state index in [0.717, 1.165) is 32.3 Å². The fourth-order valence-corrected chi connectivity index (χ4v) is 5.41. The van der Waals surface area contributed by atoms with E-state index in [1.165, 1.54) is 0 Å². The quantitative estimate of drug-likeness (QED) is 0.819. The molecule has 29 heavy (non-hydrogen) atoms. The summed E-state index contributed by atoms with van der Waals surface area (Å²) in [5.41, 5.74) is 3.53. The lowest BCUT2D eigenvalue weighted by molar-refractivity contribution is -0.126. The van der Waals surface area contributed by atoms with Crippen LogP contribution in [0.25, 0.3) is 0 Å². The van der Waals surface area contributed by atoms with Gasteiger partial charge in [-0.05, 0) is 30.2 Å². The van der Waals surface area contributed by atoms with Crippen molar-refractivity contribution in [1.29, 1.82) is 0 Å². The number of carbonyl (C=O) groups excluding carboxylic acids is 2. The van der Waals surface area contributed by atoms with E-state index in [-0.39, 0.29) is 17.7 Å². The standard InChI is InChI=1S/C23H23N3O2S/c1-13-17(22(27)24-2)18(14-9-5-4-6-10-14)19(23(28)25-3)20-21(13)29-16-12-8-7-11-15(16)26-20/h4-12,17-19H,1-3H3,(H,24,27)(H,25,28). The number of rotatable bonds is 3. The summed E-state index contributed by atoms with van der Waals surface area (Å²) in [6, 6.07) is 17.7. The molecule has 1 aliphatic heterocycles. The number of amides is 2. The summed E-state index contributed by atoms with van der Waals surface area (Å²) in [4.78, 5) is 33.0. The van der Waals surface area contributed by atoms with Gasteiger partial charge in [-0.3, -0.25) is 14.6 Å². The van der Waals surface area contributed by atoms with Crippen LogP contribution in [0.3, 0.4) is 0 Å². The van der Waals surface area contributed by atoms with Crippen LogP contribution >= 0.6 is 11.8 Å². The molecule has 0 fully saturated rings. The van der Waals surface area contributed by atoms with Crippen LogP contribution in [0, 0.1) is 11.8 Å². The summed E-state index contributed by atoms with van der Waals surface area (Å²) < 4.78 is 0. The Morgan fingerprint density at radius 2 is 1.52 bits per heavy atom. The number of aliphatic imine (C=N–C) groups is 1. The summed E-state index contributed by atoms with van der Waals surface area (Å²) in [5, 5.41) is 5.60. The third-order valence-corrected chi connectivity index (χ3v) is 6.93. The zero-order valence-electron chi connectivity index (χ0n) is 16.6. The molecule has 148 valence electrons. The zero-order valence-corrected chi connectivity index (χ0v) is 17.4. The van der Waals surface area contributed by atoms with E-state index in [4.69, 9.17) is 4.99 Å². The molecule has 6 heteroatoms. The number of benzene rings is 2. The minimum Gasteiger partial charge on any atom is -0.359 e.